The molecule has 1 atom stereocenters. The number of ether oxygens (including phenoxy) is 1. The van der Waals surface area contributed by atoms with Gasteiger partial charge in [-0.25, -0.2) is 9.00 Å². The van der Waals surface area contributed by atoms with Crippen LogP contribution >= 0.6 is 22.3 Å². The van der Waals surface area contributed by atoms with E-state index >= 15 is 0 Å². The first-order chi connectivity index (χ1) is 11.8. The Morgan fingerprint density at radius 1 is 1.12 bits per heavy atom. The van der Waals surface area contributed by atoms with E-state index in [1.165, 1.54) is 19.1 Å². The fourth-order valence-electron chi connectivity index (χ4n) is 1.78. The van der Waals surface area contributed by atoms with Gasteiger partial charge in [-0.2, -0.15) is 0 Å². The molecule has 0 saturated heterocycles. The lowest BCUT2D eigenvalue weighted by atomic mass is 10.2. The Kier molecular flexibility index (Phi) is 6.41. The van der Waals surface area contributed by atoms with Crippen molar-refractivity contribution in [2.75, 3.05) is 5.32 Å². The number of amides is 2. The number of nitrogens with zero attached hydrogens (tertiary/aromatic N) is 1. The molecule has 0 radical (unpaired) electrons. The molecule has 0 fully saturated rings. The molecule has 0 bridgehead atoms. The highest BCUT2D eigenvalue weighted by Gasteiger charge is 2.12. The van der Waals surface area contributed by atoms with E-state index in [1.54, 1.807) is 36.4 Å². The third kappa shape index (κ3) is 6.04. The highest BCUT2D eigenvalue weighted by Crippen LogP contribution is 2.20. The smallest absolute Gasteiger partial charge is 0.354 e. The Balaban J connectivity index is 2.11. The van der Waals surface area contributed by atoms with Crippen LogP contribution in [0, 0.1) is 0 Å². The Labute approximate surface area is 154 Å². The number of hydrogen-bond acceptors (Lipinski definition) is 4. The second-order valence-corrected chi connectivity index (χ2v) is 8.17. The summed E-state index contributed by atoms with van der Waals surface area (Å²) in [4.78, 5) is 22.8. The number of halogens is 2. The van der Waals surface area contributed by atoms with Crippen LogP contribution in [0.25, 0.3) is 0 Å². The molecule has 0 spiro atoms. The number of carbonyl (C=O) groups is 2. The summed E-state index contributed by atoms with van der Waals surface area (Å²) in [5, 5.41) is 2.97. The van der Waals surface area contributed by atoms with Gasteiger partial charge in [-0.3, -0.25) is 4.79 Å². The predicted molar refractivity (Wildman–Crippen MR) is 97.1 cm³/mol. The molecule has 0 aliphatic rings. The van der Waals surface area contributed by atoms with Crippen molar-refractivity contribution in [2.24, 2.45) is 4.36 Å². The Bertz CT molecular complexity index is 889. The van der Waals surface area contributed by atoms with Gasteiger partial charge in [-0.15, -0.1) is 4.36 Å². The number of anilines is 1. The van der Waals surface area contributed by atoms with Crippen LogP contribution in [0.5, 0.6) is 0 Å². The summed E-state index contributed by atoms with van der Waals surface area (Å²) in [6.07, 6.45) is 0. The van der Waals surface area contributed by atoms with Crippen molar-refractivity contribution in [2.45, 2.75) is 18.4 Å². The zero-order valence-corrected chi connectivity index (χ0v) is 15.4. The molecular weight excluding hydrogens is 387 g/mol. The van der Waals surface area contributed by atoms with Gasteiger partial charge in [0.1, 0.15) is 6.61 Å². The van der Waals surface area contributed by atoms with Crippen molar-refractivity contribution in [3.05, 3.63) is 59.1 Å². The monoisotopic (exact) mass is 400 g/mol. The molecule has 2 amide bonds. The molecule has 0 saturated carbocycles. The number of hydrogen-bond donors (Lipinski definition) is 1. The van der Waals surface area contributed by atoms with E-state index in [-0.39, 0.29) is 11.5 Å². The highest BCUT2D eigenvalue weighted by molar-refractivity contribution is 8.15. The summed E-state index contributed by atoms with van der Waals surface area (Å²) in [7, 11) is 2.49. The van der Waals surface area contributed by atoms with Gasteiger partial charge in [0.15, 0.2) is 8.94 Å². The first kappa shape index (κ1) is 19.2. The normalized spacial score (nSPS) is 12.8. The second-order valence-electron chi connectivity index (χ2n) is 4.91. The van der Waals surface area contributed by atoms with Crippen molar-refractivity contribution < 1.29 is 18.5 Å². The van der Waals surface area contributed by atoms with Gasteiger partial charge in [0.2, 0.25) is 0 Å². The molecule has 132 valence electrons. The Morgan fingerprint density at radius 2 is 1.72 bits per heavy atom. The zero-order valence-electron chi connectivity index (χ0n) is 13.1. The minimum absolute atomic E-state index is 0.0906. The lowest BCUT2D eigenvalue weighted by Gasteiger charge is -2.06. The van der Waals surface area contributed by atoms with Crippen LogP contribution < -0.4 is 5.32 Å². The number of esters is 1. The molecule has 2 aromatic rings. The van der Waals surface area contributed by atoms with Crippen LogP contribution in [0.2, 0.25) is 5.02 Å². The molecule has 1 N–H and O–H groups in total. The molecule has 6 nitrogen and oxygen atoms in total. The van der Waals surface area contributed by atoms with Gasteiger partial charge in [0, 0.05) is 28.3 Å². The SMILES string of the molecule is CC(=O)OCc1ccc(S(=O)(Cl)=NC(=O)Nc2ccc(Cl)cc2)cc1. The first-order valence-corrected chi connectivity index (χ1v) is 9.74. The Hall–Kier alpha value is -2.09. The van der Waals surface area contributed by atoms with Gasteiger partial charge in [0.05, 0.1) is 4.90 Å². The predicted octanol–water partition coefficient (Wildman–Crippen LogP) is 4.62. The van der Waals surface area contributed by atoms with Crippen molar-refractivity contribution >= 4 is 48.9 Å². The minimum atomic E-state index is -3.43. The standard InChI is InChI=1S/C16H14Cl2N2O4S/c1-11(21)24-10-12-2-8-15(9-3-12)25(18,23)20-16(22)19-14-6-4-13(17)5-7-14/h2-9H,10H2,1H3,(H,19,22). The van der Waals surface area contributed by atoms with Gasteiger partial charge in [-0.05, 0) is 42.0 Å². The summed E-state index contributed by atoms with van der Waals surface area (Å²) >= 11 is 5.76. The molecule has 0 aromatic heterocycles. The quantitative estimate of drug-likeness (QED) is 0.599. The van der Waals surface area contributed by atoms with E-state index in [0.717, 1.165) is 0 Å². The molecule has 2 aromatic carbocycles. The average molecular weight is 401 g/mol. The fraction of sp³-hybridized carbons (Fsp3) is 0.125. The number of rotatable bonds is 4. The topological polar surface area (TPSA) is 84.8 Å². The average Bonchev–Trinajstić information content (AvgIpc) is 2.55. The van der Waals surface area contributed by atoms with Crippen LogP contribution in [-0.4, -0.2) is 16.2 Å². The maximum atomic E-state index is 12.5. The third-order valence-corrected chi connectivity index (χ3v) is 5.20. The lowest BCUT2D eigenvalue weighted by Crippen LogP contribution is -2.08. The van der Waals surface area contributed by atoms with Gasteiger partial charge >= 0.3 is 12.0 Å². The van der Waals surface area contributed by atoms with E-state index in [4.69, 9.17) is 27.0 Å². The fourth-order valence-corrected chi connectivity index (χ4v) is 3.24. The van der Waals surface area contributed by atoms with Gasteiger partial charge < -0.3 is 10.1 Å². The van der Waals surface area contributed by atoms with Crippen LogP contribution in [0.3, 0.4) is 0 Å². The summed E-state index contributed by atoms with van der Waals surface area (Å²) < 4.78 is 20.8. The third-order valence-electron chi connectivity index (χ3n) is 2.95. The minimum Gasteiger partial charge on any atom is -0.461 e. The number of benzene rings is 2. The summed E-state index contributed by atoms with van der Waals surface area (Å²) in [5.74, 6) is -0.404. The molecule has 0 heterocycles. The van der Waals surface area contributed by atoms with E-state index in [1.807, 2.05) is 0 Å². The van der Waals surface area contributed by atoms with E-state index < -0.39 is 20.9 Å². The number of nitrogens with one attached hydrogen (secondary N) is 1. The van der Waals surface area contributed by atoms with E-state index in [2.05, 4.69) is 9.68 Å². The van der Waals surface area contributed by atoms with Crippen LogP contribution in [0.4, 0.5) is 10.5 Å². The lowest BCUT2D eigenvalue weighted by molar-refractivity contribution is -0.142. The molecule has 9 heteroatoms. The van der Waals surface area contributed by atoms with Crippen molar-refractivity contribution in [3.8, 4) is 0 Å². The van der Waals surface area contributed by atoms with Gasteiger partial charge in [-0.1, -0.05) is 23.7 Å². The number of carbonyl (C=O) groups excluding carboxylic acids is 2. The number of urea groups is 1. The van der Waals surface area contributed by atoms with Crippen molar-refractivity contribution in [1.29, 1.82) is 0 Å². The van der Waals surface area contributed by atoms with Gasteiger partial charge in [0.25, 0.3) is 0 Å². The summed E-state index contributed by atoms with van der Waals surface area (Å²) in [6.45, 7) is 1.39. The second kappa shape index (κ2) is 8.33. The van der Waals surface area contributed by atoms with Crippen LogP contribution in [0.15, 0.2) is 57.8 Å². The maximum Gasteiger partial charge on any atom is 0.354 e. The van der Waals surface area contributed by atoms with E-state index in [0.29, 0.717) is 16.3 Å². The molecule has 2 rings (SSSR count). The molecule has 25 heavy (non-hydrogen) atoms. The Morgan fingerprint density at radius 3 is 2.28 bits per heavy atom. The largest absolute Gasteiger partial charge is 0.461 e. The maximum absolute atomic E-state index is 12.5. The highest BCUT2D eigenvalue weighted by atomic mass is 35.7. The summed E-state index contributed by atoms with van der Waals surface area (Å²) in [6, 6.07) is 11.6. The molecule has 0 aliphatic carbocycles. The van der Waals surface area contributed by atoms with Crippen LogP contribution in [-0.2, 0) is 25.1 Å². The molecule has 0 aliphatic heterocycles. The summed E-state index contributed by atoms with van der Waals surface area (Å²) in [5.41, 5.74) is 1.14. The van der Waals surface area contributed by atoms with Crippen molar-refractivity contribution in [1.82, 2.24) is 0 Å². The molecule has 1 unspecified atom stereocenters. The van der Waals surface area contributed by atoms with Crippen molar-refractivity contribution in [3.63, 3.8) is 0 Å². The van der Waals surface area contributed by atoms with Crippen LogP contribution in [0.1, 0.15) is 12.5 Å². The first-order valence-electron chi connectivity index (χ1n) is 7.02. The molecular formula is C16H14Cl2N2O4S. The zero-order chi connectivity index (χ0) is 18.4. The van der Waals surface area contributed by atoms with E-state index in [9.17, 15) is 13.8 Å².